The molecule has 4 nitrogen and oxygen atoms in total. The number of carboxylic acid groups (broad SMARTS) is 1. The second-order valence-corrected chi connectivity index (χ2v) is 4.59. The zero-order valence-corrected chi connectivity index (χ0v) is 9.03. The van der Waals surface area contributed by atoms with Crippen molar-refractivity contribution in [3.05, 3.63) is 22.4 Å². The van der Waals surface area contributed by atoms with Crippen LogP contribution in [0.25, 0.3) is 0 Å². The highest BCUT2D eigenvalue weighted by Crippen LogP contribution is 2.38. The minimum absolute atomic E-state index is 0.0965. The molecule has 0 aromatic carbocycles. The summed E-state index contributed by atoms with van der Waals surface area (Å²) in [7, 11) is 1.66. The normalized spacial score (nSPS) is 25.9. The minimum atomic E-state index is -0.897. The fraction of sp³-hybridized carbons (Fsp3) is 0.400. The van der Waals surface area contributed by atoms with Gasteiger partial charge in [0.15, 0.2) is 0 Å². The molecule has 0 bridgehead atoms. The lowest BCUT2D eigenvalue weighted by molar-refractivity contribution is -0.142. The summed E-state index contributed by atoms with van der Waals surface area (Å²) in [5, 5.41) is 10.9. The van der Waals surface area contributed by atoms with E-state index in [1.165, 1.54) is 16.2 Å². The van der Waals surface area contributed by atoms with Crippen molar-refractivity contribution in [2.24, 2.45) is 5.92 Å². The first-order valence-corrected chi connectivity index (χ1v) is 5.51. The summed E-state index contributed by atoms with van der Waals surface area (Å²) in [6.07, 6.45) is 0.106. The number of aliphatic carboxylic acids is 1. The van der Waals surface area contributed by atoms with Crippen LogP contribution >= 0.6 is 11.3 Å². The fourth-order valence-corrected chi connectivity index (χ4v) is 2.87. The maximum Gasteiger partial charge on any atom is 0.309 e. The third-order valence-electron chi connectivity index (χ3n) is 2.74. The SMILES string of the molecule is CN1C(=O)C[C@H](C(=O)O)[C@H]1c1cccs1. The molecule has 15 heavy (non-hydrogen) atoms. The predicted molar refractivity (Wildman–Crippen MR) is 55.6 cm³/mol. The van der Waals surface area contributed by atoms with E-state index in [2.05, 4.69) is 0 Å². The van der Waals surface area contributed by atoms with Crippen LogP contribution in [0.3, 0.4) is 0 Å². The van der Waals surface area contributed by atoms with E-state index in [1.807, 2.05) is 17.5 Å². The molecule has 0 unspecified atom stereocenters. The number of thiophene rings is 1. The van der Waals surface area contributed by atoms with Gasteiger partial charge in [0.1, 0.15) is 0 Å². The van der Waals surface area contributed by atoms with Crippen molar-refractivity contribution in [2.75, 3.05) is 7.05 Å². The van der Waals surface area contributed by atoms with E-state index in [0.717, 1.165) is 4.88 Å². The van der Waals surface area contributed by atoms with Crippen LogP contribution in [-0.2, 0) is 9.59 Å². The summed E-state index contributed by atoms with van der Waals surface area (Å²) in [6.45, 7) is 0. The number of rotatable bonds is 2. The molecular weight excluding hydrogens is 214 g/mol. The molecule has 2 atom stereocenters. The van der Waals surface area contributed by atoms with E-state index in [0.29, 0.717) is 0 Å². The van der Waals surface area contributed by atoms with E-state index >= 15 is 0 Å². The van der Waals surface area contributed by atoms with Crippen LogP contribution in [0.1, 0.15) is 17.3 Å². The standard InChI is InChI=1S/C10H11NO3S/c1-11-8(12)5-6(10(13)14)9(11)7-3-2-4-15-7/h2-4,6,9H,5H2,1H3,(H,13,14)/t6-,9-/m0/s1. The van der Waals surface area contributed by atoms with Gasteiger partial charge in [-0.3, -0.25) is 9.59 Å². The number of hydrogen-bond donors (Lipinski definition) is 1. The van der Waals surface area contributed by atoms with Gasteiger partial charge >= 0.3 is 5.97 Å². The van der Waals surface area contributed by atoms with E-state index in [-0.39, 0.29) is 18.4 Å². The van der Waals surface area contributed by atoms with Crippen molar-refractivity contribution in [3.8, 4) is 0 Å². The Kier molecular flexibility index (Phi) is 2.48. The largest absolute Gasteiger partial charge is 0.481 e. The quantitative estimate of drug-likeness (QED) is 0.826. The monoisotopic (exact) mass is 225 g/mol. The van der Waals surface area contributed by atoms with E-state index in [1.54, 1.807) is 7.05 Å². The van der Waals surface area contributed by atoms with E-state index < -0.39 is 11.9 Å². The highest BCUT2D eigenvalue weighted by molar-refractivity contribution is 7.10. The van der Waals surface area contributed by atoms with Gasteiger partial charge in [-0.1, -0.05) is 6.07 Å². The fourth-order valence-electron chi connectivity index (χ4n) is 1.94. The Morgan fingerprint density at radius 2 is 2.40 bits per heavy atom. The zero-order chi connectivity index (χ0) is 11.0. The maximum atomic E-state index is 11.5. The Labute approximate surface area is 91.1 Å². The van der Waals surface area contributed by atoms with Crippen LogP contribution in [0.5, 0.6) is 0 Å². The molecule has 0 aliphatic carbocycles. The molecule has 1 fully saturated rings. The Bertz CT molecular complexity index is 387. The molecule has 1 aliphatic heterocycles. The Balaban J connectivity index is 2.34. The summed E-state index contributed by atoms with van der Waals surface area (Å²) < 4.78 is 0. The summed E-state index contributed by atoms with van der Waals surface area (Å²) in [6, 6.07) is 3.45. The molecular formula is C10H11NO3S. The number of carbonyl (C=O) groups is 2. The van der Waals surface area contributed by atoms with Gasteiger partial charge in [0, 0.05) is 18.3 Å². The maximum absolute atomic E-state index is 11.5. The number of carbonyl (C=O) groups excluding carboxylic acids is 1. The summed E-state index contributed by atoms with van der Waals surface area (Å²) >= 11 is 1.49. The highest BCUT2D eigenvalue weighted by atomic mass is 32.1. The predicted octanol–water partition coefficient (Wildman–Crippen LogP) is 1.35. The molecule has 5 heteroatoms. The Hall–Kier alpha value is -1.36. The molecule has 1 saturated heterocycles. The second-order valence-electron chi connectivity index (χ2n) is 3.61. The average molecular weight is 225 g/mol. The van der Waals surface area contributed by atoms with Gasteiger partial charge in [-0.05, 0) is 11.4 Å². The Morgan fingerprint density at radius 3 is 2.93 bits per heavy atom. The van der Waals surface area contributed by atoms with Crippen molar-refractivity contribution in [1.82, 2.24) is 4.90 Å². The Morgan fingerprint density at radius 1 is 1.67 bits per heavy atom. The molecule has 2 rings (SSSR count). The third kappa shape index (κ3) is 1.63. The van der Waals surface area contributed by atoms with Crippen LogP contribution in [0.2, 0.25) is 0 Å². The van der Waals surface area contributed by atoms with E-state index in [9.17, 15) is 9.59 Å². The summed E-state index contributed by atoms with van der Waals surface area (Å²) in [5.74, 6) is -1.60. The molecule has 2 heterocycles. The van der Waals surface area contributed by atoms with Gasteiger partial charge in [-0.15, -0.1) is 11.3 Å². The molecule has 0 saturated carbocycles. The first kappa shape index (κ1) is 10.2. The van der Waals surface area contributed by atoms with Gasteiger partial charge < -0.3 is 10.0 Å². The lowest BCUT2D eigenvalue weighted by Gasteiger charge is -2.21. The molecule has 0 spiro atoms. The van der Waals surface area contributed by atoms with Crippen molar-refractivity contribution in [2.45, 2.75) is 12.5 Å². The lowest BCUT2D eigenvalue weighted by atomic mass is 9.99. The first-order chi connectivity index (χ1) is 7.11. The number of amides is 1. The second kappa shape index (κ2) is 3.66. The molecule has 1 aromatic heterocycles. The molecule has 1 aliphatic rings. The first-order valence-electron chi connectivity index (χ1n) is 4.63. The third-order valence-corrected chi connectivity index (χ3v) is 3.68. The van der Waals surface area contributed by atoms with Crippen LogP contribution in [0.15, 0.2) is 17.5 Å². The van der Waals surface area contributed by atoms with Gasteiger partial charge in [-0.25, -0.2) is 0 Å². The van der Waals surface area contributed by atoms with E-state index in [4.69, 9.17) is 5.11 Å². The van der Waals surface area contributed by atoms with Crippen molar-refractivity contribution in [3.63, 3.8) is 0 Å². The topological polar surface area (TPSA) is 57.6 Å². The number of nitrogens with zero attached hydrogens (tertiary/aromatic N) is 1. The number of carboxylic acids is 1. The van der Waals surface area contributed by atoms with Gasteiger partial charge in [0.25, 0.3) is 0 Å². The smallest absolute Gasteiger partial charge is 0.309 e. The van der Waals surface area contributed by atoms with Gasteiger partial charge in [0.2, 0.25) is 5.91 Å². The van der Waals surface area contributed by atoms with Crippen molar-refractivity contribution < 1.29 is 14.7 Å². The van der Waals surface area contributed by atoms with Crippen molar-refractivity contribution >= 4 is 23.2 Å². The van der Waals surface area contributed by atoms with Gasteiger partial charge in [-0.2, -0.15) is 0 Å². The molecule has 80 valence electrons. The summed E-state index contributed by atoms with van der Waals surface area (Å²) in [4.78, 5) is 25.0. The lowest BCUT2D eigenvalue weighted by Crippen LogP contribution is -2.26. The van der Waals surface area contributed by atoms with Crippen molar-refractivity contribution in [1.29, 1.82) is 0 Å². The van der Waals surface area contributed by atoms with Crippen LogP contribution in [0, 0.1) is 5.92 Å². The van der Waals surface area contributed by atoms with Crippen LogP contribution in [-0.4, -0.2) is 28.9 Å². The number of hydrogen-bond acceptors (Lipinski definition) is 3. The van der Waals surface area contributed by atoms with Gasteiger partial charge in [0.05, 0.1) is 12.0 Å². The molecule has 1 aromatic rings. The average Bonchev–Trinajstić information content (AvgIpc) is 2.76. The molecule has 1 N–H and O–H groups in total. The summed E-state index contributed by atoms with van der Waals surface area (Å²) in [5.41, 5.74) is 0. The minimum Gasteiger partial charge on any atom is -0.481 e. The van der Waals surface area contributed by atoms with Crippen LogP contribution < -0.4 is 0 Å². The molecule has 1 amide bonds. The highest BCUT2D eigenvalue weighted by Gasteiger charge is 2.43. The zero-order valence-electron chi connectivity index (χ0n) is 8.21. The van der Waals surface area contributed by atoms with Crippen LogP contribution in [0.4, 0.5) is 0 Å². The molecule has 0 radical (unpaired) electrons. The number of likely N-dealkylation sites (tertiary alicyclic amines) is 1.